The smallest absolute Gasteiger partial charge is 0.269 e. The van der Waals surface area contributed by atoms with Gasteiger partial charge in [0.1, 0.15) is 11.8 Å². The minimum absolute atomic E-state index is 0.160. The highest BCUT2D eigenvalue weighted by molar-refractivity contribution is 6.01. The highest BCUT2D eigenvalue weighted by atomic mass is 16.1. The number of imidazole rings is 1. The lowest BCUT2D eigenvalue weighted by Gasteiger charge is -1.99. The Morgan fingerprint density at radius 1 is 1.41 bits per heavy atom. The Bertz CT molecular complexity index is 572. The largest absolute Gasteiger partial charge is 0.364 e. The number of rotatable bonds is 4. The molecular weight excluding hydrogens is 218 g/mol. The van der Waals surface area contributed by atoms with Crippen molar-refractivity contribution >= 4 is 17.1 Å². The molecule has 0 saturated heterocycles. The third-order valence-electron chi connectivity index (χ3n) is 2.34. The number of hydrogen-bond donors (Lipinski definition) is 1. The van der Waals surface area contributed by atoms with E-state index in [1.165, 1.54) is 6.33 Å². The van der Waals surface area contributed by atoms with Crippen molar-refractivity contribution in [1.29, 1.82) is 0 Å². The van der Waals surface area contributed by atoms with Gasteiger partial charge in [0.2, 0.25) is 0 Å². The number of carbonyl (C=O) groups excluding carboxylic acids is 1. The molecule has 1 amide bonds. The van der Waals surface area contributed by atoms with Gasteiger partial charge in [-0.1, -0.05) is 19.1 Å². The third-order valence-corrected chi connectivity index (χ3v) is 2.34. The molecule has 0 aliphatic rings. The summed E-state index contributed by atoms with van der Waals surface area (Å²) in [5.74, 6) is -0.591. The second kappa shape index (κ2) is 4.73. The summed E-state index contributed by atoms with van der Waals surface area (Å²) in [6, 6.07) is 0. The molecule has 6 nitrogen and oxygen atoms in total. The van der Waals surface area contributed by atoms with Crippen LogP contribution < -0.4 is 5.73 Å². The molecule has 0 spiro atoms. The Balaban J connectivity index is 2.44. The van der Waals surface area contributed by atoms with E-state index in [4.69, 9.17) is 5.73 Å². The zero-order valence-electron chi connectivity index (χ0n) is 9.50. The molecule has 2 aromatic heterocycles. The van der Waals surface area contributed by atoms with E-state index in [9.17, 15) is 4.79 Å². The number of primary amides is 1. The Morgan fingerprint density at radius 3 is 2.94 bits per heavy atom. The Morgan fingerprint density at radius 2 is 2.24 bits per heavy atom. The fourth-order valence-corrected chi connectivity index (χ4v) is 1.55. The first-order valence-electron chi connectivity index (χ1n) is 5.34. The molecule has 17 heavy (non-hydrogen) atoms. The van der Waals surface area contributed by atoms with Gasteiger partial charge in [0.15, 0.2) is 11.3 Å². The number of allylic oxidation sites excluding steroid dienone is 2. The second-order valence-electron chi connectivity index (χ2n) is 3.54. The number of fused-ring (bicyclic) bond motifs is 1. The van der Waals surface area contributed by atoms with E-state index in [1.54, 1.807) is 6.33 Å². The average Bonchev–Trinajstić information content (AvgIpc) is 2.72. The van der Waals surface area contributed by atoms with Crippen molar-refractivity contribution < 1.29 is 4.79 Å². The standard InChI is InChI=1S/C11H13N5O/c1-2-3-4-5-16-7-15-9-8(10(12)17)13-6-14-11(9)16/h3-4,6-7H,2,5H2,1H3,(H2,12,17)/b4-3-. The van der Waals surface area contributed by atoms with Crippen molar-refractivity contribution in [3.05, 3.63) is 30.5 Å². The van der Waals surface area contributed by atoms with Gasteiger partial charge in [-0.25, -0.2) is 15.0 Å². The molecule has 0 aliphatic carbocycles. The third kappa shape index (κ3) is 2.15. The zero-order valence-corrected chi connectivity index (χ0v) is 9.50. The van der Waals surface area contributed by atoms with Crippen molar-refractivity contribution in [3.8, 4) is 0 Å². The summed E-state index contributed by atoms with van der Waals surface area (Å²) in [4.78, 5) is 23.2. The van der Waals surface area contributed by atoms with E-state index in [0.29, 0.717) is 17.7 Å². The fourth-order valence-electron chi connectivity index (χ4n) is 1.55. The van der Waals surface area contributed by atoms with Gasteiger partial charge in [-0.05, 0) is 6.42 Å². The molecule has 0 fully saturated rings. The molecule has 2 N–H and O–H groups in total. The van der Waals surface area contributed by atoms with Crippen LogP contribution in [0.4, 0.5) is 0 Å². The molecule has 0 atom stereocenters. The molecular formula is C11H13N5O. The Hall–Kier alpha value is -2.24. The van der Waals surface area contributed by atoms with E-state index < -0.39 is 5.91 Å². The van der Waals surface area contributed by atoms with Crippen LogP contribution in [0.3, 0.4) is 0 Å². The number of hydrogen-bond acceptors (Lipinski definition) is 4. The van der Waals surface area contributed by atoms with Gasteiger partial charge in [-0.2, -0.15) is 0 Å². The topological polar surface area (TPSA) is 86.7 Å². The first-order valence-corrected chi connectivity index (χ1v) is 5.34. The summed E-state index contributed by atoms with van der Waals surface area (Å²) >= 11 is 0. The molecule has 0 unspecified atom stereocenters. The van der Waals surface area contributed by atoms with Crippen LogP contribution in [0.25, 0.3) is 11.2 Å². The van der Waals surface area contributed by atoms with Crippen molar-refractivity contribution in [2.45, 2.75) is 19.9 Å². The van der Waals surface area contributed by atoms with E-state index >= 15 is 0 Å². The number of aromatic nitrogens is 4. The molecule has 2 rings (SSSR count). The van der Waals surface area contributed by atoms with Crippen LogP contribution in [0.15, 0.2) is 24.8 Å². The molecule has 6 heteroatoms. The van der Waals surface area contributed by atoms with Crippen LogP contribution >= 0.6 is 0 Å². The van der Waals surface area contributed by atoms with Gasteiger partial charge in [0.25, 0.3) is 5.91 Å². The van der Waals surface area contributed by atoms with Gasteiger partial charge in [-0.15, -0.1) is 0 Å². The maximum Gasteiger partial charge on any atom is 0.269 e. The molecule has 0 aliphatic heterocycles. The second-order valence-corrected chi connectivity index (χ2v) is 3.54. The maximum absolute atomic E-state index is 11.2. The van der Waals surface area contributed by atoms with Gasteiger partial charge in [-0.3, -0.25) is 4.79 Å². The van der Waals surface area contributed by atoms with Crippen LogP contribution in [-0.4, -0.2) is 25.4 Å². The summed E-state index contributed by atoms with van der Waals surface area (Å²) in [6.45, 7) is 2.73. The minimum Gasteiger partial charge on any atom is -0.364 e. The van der Waals surface area contributed by atoms with Crippen LogP contribution in [-0.2, 0) is 6.54 Å². The molecule has 2 heterocycles. The van der Waals surface area contributed by atoms with Gasteiger partial charge < -0.3 is 10.3 Å². The number of nitrogens with zero attached hydrogens (tertiary/aromatic N) is 4. The molecule has 88 valence electrons. The minimum atomic E-state index is -0.591. The Labute approximate surface area is 98.2 Å². The fraction of sp³-hybridized carbons (Fsp3) is 0.273. The first-order chi connectivity index (χ1) is 8.24. The van der Waals surface area contributed by atoms with E-state index in [1.807, 2.05) is 10.6 Å². The summed E-state index contributed by atoms with van der Waals surface area (Å²) in [7, 11) is 0. The molecule has 0 aromatic carbocycles. The lowest BCUT2D eigenvalue weighted by molar-refractivity contribution is 0.0997. The van der Waals surface area contributed by atoms with E-state index in [-0.39, 0.29) is 5.69 Å². The quantitative estimate of drug-likeness (QED) is 0.792. The molecule has 2 aromatic rings. The van der Waals surface area contributed by atoms with E-state index in [0.717, 1.165) is 6.42 Å². The summed E-state index contributed by atoms with van der Waals surface area (Å²) in [5.41, 5.74) is 6.45. The number of amides is 1. The van der Waals surface area contributed by atoms with Crippen molar-refractivity contribution in [2.24, 2.45) is 5.73 Å². The van der Waals surface area contributed by atoms with Gasteiger partial charge in [0, 0.05) is 6.54 Å². The van der Waals surface area contributed by atoms with Crippen LogP contribution in [0.1, 0.15) is 23.8 Å². The number of carbonyl (C=O) groups is 1. The Kier molecular flexibility index (Phi) is 3.13. The SMILES string of the molecule is CC/C=C\Cn1cnc2c(C(N)=O)ncnc21. The van der Waals surface area contributed by atoms with Crippen molar-refractivity contribution in [3.63, 3.8) is 0 Å². The van der Waals surface area contributed by atoms with Crippen molar-refractivity contribution in [2.75, 3.05) is 0 Å². The lowest BCUT2D eigenvalue weighted by atomic mass is 10.3. The van der Waals surface area contributed by atoms with Gasteiger partial charge >= 0.3 is 0 Å². The number of nitrogens with two attached hydrogens (primary N) is 1. The van der Waals surface area contributed by atoms with Crippen LogP contribution in [0.5, 0.6) is 0 Å². The van der Waals surface area contributed by atoms with Gasteiger partial charge in [0.05, 0.1) is 6.33 Å². The first kappa shape index (κ1) is 11.3. The van der Waals surface area contributed by atoms with Crippen molar-refractivity contribution in [1.82, 2.24) is 19.5 Å². The normalized spacial score (nSPS) is 11.4. The summed E-state index contributed by atoms with van der Waals surface area (Å²) in [6.07, 6.45) is 8.01. The summed E-state index contributed by atoms with van der Waals surface area (Å²) in [5, 5.41) is 0. The lowest BCUT2D eigenvalue weighted by Crippen LogP contribution is -2.14. The highest BCUT2D eigenvalue weighted by Gasteiger charge is 2.12. The monoisotopic (exact) mass is 231 g/mol. The molecule has 0 bridgehead atoms. The highest BCUT2D eigenvalue weighted by Crippen LogP contribution is 2.12. The van der Waals surface area contributed by atoms with Crippen LogP contribution in [0, 0.1) is 0 Å². The molecule has 0 saturated carbocycles. The predicted octanol–water partition coefficient (Wildman–Crippen LogP) is 0.891. The zero-order chi connectivity index (χ0) is 12.3. The predicted molar refractivity (Wildman–Crippen MR) is 63.3 cm³/mol. The van der Waals surface area contributed by atoms with Crippen LogP contribution in [0.2, 0.25) is 0 Å². The summed E-state index contributed by atoms with van der Waals surface area (Å²) < 4.78 is 1.84. The van der Waals surface area contributed by atoms with E-state index in [2.05, 4.69) is 28.0 Å². The average molecular weight is 231 g/mol. The molecule has 0 radical (unpaired) electrons. The maximum atomic E-state index is 11.2.